The third-order valence-corrected chi connectivity index (χ3v) is 12.6. The maximum absolute atomic E-state index is 9.58. The van der Waals surface area contributed by atoms with Crippen LogP contribution in [0.5, 0.6) is 0 Å². The van der Waals surface area contributed by atoms with Gasteiger partial charge in [-0.2, -0.15) is 5.26 Å². The molecule has 1 aliphatic rings. The summed E-state index contributed by atoms with van der Waals surface area (Å²) in [6.07, 6.45) is 0. The zero-order valence-corrected chi connectivity index (χ0v) is 31.4. The second kappa shape index (κ2) is 13.0. The molecule has 0 bridgehead atoms. The van der Waals surface area contributed by atoms with Crippen LogP contribution in [-0.4, -0.2) is 0 Å². The van der Waals surface area contributed by atoms with Crippen LogP contribution in [0.4, 0.5) is 17.1 Å². The lowest BCUT2D eigenvalue weighted by molar-refractivity contribution is 0.660. The van der Waals surface area contributed by atoms with Gasteiger partial charge in [-0.1, -0.05) is 135 Å². The number of hydrogen-bond donors (Lipinski definition) is 0. The fraction of sp³-hybridized carbons (Fsp3) is 0.0577. The summed E-state index contributed by atoms with van der Waals surface area (Å²) in [5, 5.41) is 12.2. The molecule has 2 nitrogen and oxygen atoms in total. The quantitative estimate of drug-likeness (QED) is 0.171. The van der Waals surface area contributed by atoms with E-state index in [9.17, 15) is 5.26 Å². The van der Waals surface area contributed by atoms with Gasteiger partial charge in [-0.05, 0) is 116 Å². The van der Waals surface area contributed by atoms with Crippen molar-refractivity contribution in [3.05, 3.63) is 199 Å². The Morgan fingerprint density at radius 2 is 1.00 bits per heavy atom. The lowest BCUT2D eigenvalue weighted by atomic mass is 9.81. The standard InChI is InChI=1S/C52H36N2S/c1-52(2)48-31-39(35-9-4-3-5-10-35)23-29-44(48)45-30-28-42(32-49(45)52)54(40-24-15-34(33-53)16-25-40)41-26-21-37(22-27-41)36-17-19-38(20-18-36)43-12-8-13-47-46-11-6-7-14-50(46)55-51(43)47/h3-32H,1-2H3. The van der Waals surface area contributed by atoms with Gasteiger partial charge in [-0.25, -0.2) is 0 Å². The van der Waals surface area contributed by atoms with Crippen LogP contribution in [0, 0.1) is 11.3 Å². The van der Waals surface area contributed by atoms with E-state index >= 15 is 0 Å². The average Bonchev–Trinajstić information content (AvgIpc) is 3.73. The van der Waals surface area contributed by atoms with Crippen molar-refractivity contribution >= 4 is 48.6 Å². The topological polar surface area (TPSA) is 27.0 Å². The highest BCUT2D eigenvalue weighted by atomic mass is 32.1. The molecule has 1 aromatic heterocycles. The molecule has 0 saturated heterocycles. The third kappa shape index (κ3) is 5.54. The predicted octanol–water partition coefficient (Wildman–Crippen LogP) is 14.7. The van der Waals surface area contributed by atoms with Crippen LogP contribution < -0.4 is 4.90 Å². The second-order valence-electron chi connectivity index (χ2n) is 14.9. The van der Waals surface area contributed by atoms with Gasteiger partial charge in [0.25, 0.3) is 0 Å². The van der Waals surface area contributed by atoms with Crippen molar-refractivity contribution in [2.45, 2.75) is 19.3 Å². The number of fused-ring (bicyclic) bond motifs is 6. The van der Waals surface area contributed by atoms with Crippen molar-refractivity contribution in [2.24, 2.45) is 0 Å². The maximum atomic E-state index is 9.58. The monoisotopic (exact) mass is 720 g/mol. The number of nitriles is 1. The molecule has 0 spiro atoms. The van der Waals surface area contributed by atoms with Gasteiger partial charge in [0.1, 0.15) is 0 Å². The molecule has 0 saturated carbocycles. The first-order valence-electron chi connectivity index (χ1n) is 18.7. The molecule has 0 fully saturated rings. The van der Waals surface area contributed by atoms with Crippen LogP contribution in [0.2, 0.25) is 0 Å². The number of hydrogen-bond acceptors (Lipinski definition) is 3. The minimum absolute atomic E-state index is 0.180. The highest BCUT2D eigenvalue weighted by Gasteiger charge is 2.36. The lowest BCUT2D eigenvalue weighted by Gasteiger charge is -2.28. The summed E-state index contributed by atoms with van der Waals surface area (Å²) in [6.45, 7) is 4.68. The van der Waals surface area contributed by atoms with E-state index in [1.807, 2.05) is 35.6 Å². The molecule has 0 aliphatic heterocycles. The second-order valence-corrected chi connectivity index (χ2v) is 15.9. The Bertz CT molecular complexity index is 2930. The van der Waals surface area contributed by atoms with Gasteiger partial charge in [0.2, 0.25) is 0 Å². The molecule has 8 aromatic carbocycles. The van der Waals surface area contributed by atoms with Crippen molar-refractivity contribution in [1.82, 2.24) is 0 Å². The van der Waals surface area contributed by atoms with Crippen LogP contribution in [0.1, 0.15) is 30.5 Å². The van der Waals surface area contributed by atoms with E-state index in [-0.39, 0.29) is 5.41 Å². The van der Waals surface area contributed by atoms with Crippen LogP contribution in [-0.2, 0) is 5.41 Å². The molecule has 260 valence electrons. The largest absolute Gasteiger partial charge is 0.310 e. The third-order valence-electron chi connectivity index (χ3n) is 11.3. The van der Waals surface area contributed by atoms with Gasteiger partial charge in [-0.3, -0.25) is 0 Å². The van der Waals surface area contributed by atoms with Crippen molar-refractivity contribution in [3.8, 4) is 50.6 Å². The van der Waals surface area contributed by atoms with E-state index in [2.05, 4.69) is 183 Å². The highest BCUT2D eigenvalue weighted by molar-refractivity contribution is 7.26. The summed E-state index contributed by atoms with van der Waals surface area (Å²) in [5.74, 6) is 0. The Morgan fingerprint density at radius 3 is 1.73 bits per heavy atom. The Labute approximate surface area is 325 Å². The Balaban J connectivity index is 0.995. The highest BCUT2D eigenvalue weighted by Crippen LogP contribution is 2.51. The molecular weight excluding hydrogens is 685 g/mol. The van der Waals surface area contributed by atoms with E-state index in [4.69, 9.17) is 0 Å². The summed E-state index contributed by atoms with van der Waals surface area (Å²) in [5.41, 5.74) is 16.2. The summed E-state index contributed by atoms with van der Waals surface area (Å²) < 4.78 is 2.65. The number of anilines is 3. The number of benzene rings is 8. The number of nitrogens with zero attached hydrogens (tertiary/aromatic N) is 2. The molecule has 10 rings (SSSR count). The first kappa shape index (κ1) is 32.9. The van der Waals surface area contributed by atoms with E-state index in [0.29, 0.717) is 5.56 Å². The molecule has 0 amide bonds. The zero-order chi connectivity index (χ0) is 37.1. The van der Waals surface area contributed by atoms with E-state index in [1.54, 1.807) is 0 Å². The van der Waals surface area contributed by atoms with Crippen molar-refractivity contribution in [1.29, 1.82) is 5.26 Å². The van der Waals surface area contributed by atoms with Gasteiger partial charge in [0.15, 0.2) is 0 Å². The number of rotatable bonds is 6. The van der Waals surface area contributed by atoms with Crippen LogP contribution in [0.15, 0.2) is 182 Å². The molecule has 0 atom stereocenters. The van der Waals surface area contributed by atoms with E-state index in [0.717, 1.165) is 22.6 Å². The summed E-state index contributed by atoms with van der Waals surface area (Å²) >= 11 is 1.87. The summed E-state index contributed by atoms with van der Waals surface area (Å²) in [7, 11) is 0. The lowest BCUT2D eigenvalue weighted by Crippen LogP contribution is -2.16. The molecule has 0 radical (unpaired) electrons. The fourth-order valence-electron chi connectivity index (χ4n) is 8.43. The van der Waals surface area contributed by atoms with Gasteiger partial charge in [0, 0.05) is 42.6 Å². The molecular formula is C52H36N2S. The van der Waals surface area contributed by atoms with Crippen LogP contribution in [0.3, 0.4) is 0 Å². The zero-order valence-electron chi connectivity index (χ0n) is 30.6. The van der Waals surface area contributed by atoms with Crippen molar-refractivity contribution < 1.29 is 0 Å². The average molecular weight is 721 g/mol. The van der Waals surface area contributed by atoms with Gasteiger partial charge in [0.05, 0.1) is 11.6 Å². The first-order chi connectivity index (χ1) is 27.0. The van der Waals surface area contributed by atoms with Crippen LogP contribution >= 0.6 is 11.3 Å². The molecule has 1 heterocycles. The first-order valence-corrected chi connectivity index (χ1v) is 19.5. The Morgan fingerprint density at radius 1 is 0.455 bits per heavy atom. The minimum atomic E-state index is -0.180. The Hall–Kier alpha value is -6.73. The smallest absolute Gasteiger partial charge is 0.0991 e. The molecule has 1 aliphatic carbocycles. The SMILES string of the molecule is CC1(C)c2cc(-c3ccccc3)ccc2-c2ccc(N(c3ccc(C#N)cc3)c3ccc(-c4ccc(-c5cccc6c5sc5ccccc56)cc4)cc3)cc21. The summed E-state index contributed by atoms with van der Waals surface area (Å²) in [4.78, 5) is 2.30. The fourth-order valence-corrected chi connectivity index (χ4v) is 9.66. The molecule has 9 aromatic rings. The van der Waals surface area contributed by atoms with Gasteiger partial charge >= 0.3 is 0 Å². The van der Waals surface area contributed by atoms with Crippen molar-refractivity contribution in [2.75, 3.05) is 4.90 Å². The molecule has 55 heavy (non-hydrogen) atoms. The van der Waals surface area contributed by atoms with Gasteiger partial charge < -0.3 is 4.90 Å². The predicted molar refractivity (Wildman–Crippen MR) is 233 cm³/mol. The Kier molecular flexibility index (Phi) is 7.77. The summed E-state index contributed by atoms with van der Waals surface area (Å²) in [6, 6.07) is 67.7. The minimum Gasteiger partial charge on any atom is -0.310 e. The normalized spacial score (nSPS) is 12.7. The van der Waals surface area contributed by atoms with Crippen molar-refractivity contribution in [3.63, 3.8) is 0 Å². The molecule has 0 N–H and O–H groups in total. The number of thiophene rings is 1. The van der Waals surface area contributed by atoms with Crippen LogP contribution in [0.25, 0.3) is 64.7 Å². The van der Waals surface area contributed by atoms with E-state index in [1.165, 1.54) is 70.2 Å². The van der Waals surface area contributed by atoms with Gasteiger partial charge in [-0.15, -0.1) is 11.3 Å². The maximum Gasteiger partial charge on any atom is 0.0991 e. The molecule has 0 unspecified atom stereocenters. The van der Waals surface area contributed by atoms with E-state index < -0.39 is 0 Å². The molecule has 3 heteroatoms.